The van der Waals surface area contributed by atoms with E-state index in [-0.39, 0.29) is 17.8 Å². The van der Waals surface area contributed by atoms with Gasteiger partial charge in [-0.1, -0.05) is 0 Å². The average Bonchev–Trinajstić information content (AvgIpc) is 2.71. The van der Waals surface area contributed by atoms with Crippen LogP contribution in [0.2, 0.25) is 0 Å². The molecule has 2 N–H and O–H groups in total. The number of tetrazole rings is 1. The monoisotopic (exact) mass is 197 g/mol. The summed E-state index contributed by atoms with van der Waals surface area (Å²) in [7, 11) is 0. The van der Waals surface area contributed by atoms with Gasteiger partial charge in [0, 0.05) is 13.1 Å². The molecule has 1 aliphatic rings. The van der Waals surface area contributed by atoms with Gasteiger partial charge in [-0.3, -0.25) is 4.79 Å². The highest BCUT2D eigenvalue weighted by atomic mass is 16.3. The van der Waals surface area contributed by atoms with Crippen LogP contribution >= 0.6 is 0 Å². The zero-order valence-corrected chi connectivity index (χ0v) is 7.55. The van der Waals surface area contributed by atoms with Crippen molar-refractivity contribution in [3.05, 3.63) is 5.82 Å². The number of amides is 1. The van der Waals surface area contributed by atoms with Crippen LogP contribution in [-0.4, -0.2) is 55.7 Å². The molecule has 1 fully saturated rings. The summed E-state index contributed by atoms with van der Waals surface area (Å²) in [5.74, 6) is -0.146. The van der Waals surface area contributed by atoms with Gasteiger partial charge in [0.15, 0.2) is 0 Å². The standard InChI is InChI=1S/C7H11N5O2/c13-5-1-3-12(4-2-5)7(14)6-8-10-11-9-6/h5,13H,1-4H2,(H,8,9,10,11). The minimum absolute atomic E-state index is 0.0846. The van der Waals surface area contributed by atoms with E-state index < -0.39 is 0 Å². The Morgan fingerprint density at radius 1 is 1.50 bits per heavy atom. The Morgan fingerprint density at radius 2 is 2.21 bits per heavy atom. The fraction of sp³-hybridized carbons (Fsp3) is 0.714. The number of H-pyrrole nitrogens is 1. The second-order valence-corrected chi connectivity index (χ2v) is 3.26. The fourth-order valence-corrected chi connectivity index (χ4v) is 1.46. The van der Waals surface area contributed by atoms with Crippen LogP contribution in [-0.2, 0) is 0 Å². The highest BCUT2D eigenvalue weighted by Crippen LogP contribution is 2.11. The number of aromatic amines is 1. The number of likely N-dealkylation sites (tertiary alicyclic amines) is 1. The zero-order chi connectivity index (χ0) is 9.97. The summed E-state index contributed by atoms with van der Waals surface area (Å²) in [5.41, 5.74) is 0. The quantitative estimate of drug-likeness (QED) is 0.589. The molecular weight excluding hydrogens is 186 g/mol. The lowest BCUT2D eigenvalue weighted by molar-refractivity contribution is 0.0536. The Bertz CT molecular complexity index is 304. The predicted molar refractivity (Wildman–Crippen MR) is 45.3 cm³/mol. The minimum atomic E-state index is -0.288. The van der Waals surface area contributed by atoms with Crippen molar-refractivity contribution in [2.45, 2.75) is 18.9 Å². The number of piperidine rings is 1. The Labute approximate surface area is 80.1 Å². The first-order valence-corrected chi connectivity index (χ1v) is 4.48. The van der Waals surface area contributed by atoms with Crippen molar-refractivity contribution in [3.8, 4) is 0 Å². The second-order valence-electron chi connectivity index (χ2n) is 3.26. The number of aliphatic hydroxyl groups excluding tert-OH is 1. The van der Waals surface area contributed by atoms with Gasteiger partial charge < -0.3 is 10.0 Å². The first-order valence-electron chi connectivity index (χ1n) is 4.48. The van der Waals surface area contributed by atoms with Crippen molar-refractivity contribution in [2.24, 2.45) is 0 Å². The highest BCUT2D eigenvalue weighted by molar-refractivity contribution is 5.90. The van der Waals surface area contributed by atoms with Crippen LogP contribution in [0.3, 0.4) is 0 Å². The lowest BCUT2D eigenvalue weighted by Gasteiger charge is -2.28. The van der Waals surface area contributed by atoms with Crippen molar-refractivity contribution in [1.82, 2.24) is 25.5 Å². The SMILES string of the molecule is O=C(c1nn[nH]n1)N1CCC(O)CC1. The van der Waals surface area contributed by atoms with Gasteiger partial charge in [-0.05, 0) is 18.1 Å². The van der Waals surface area contributed by atoms with Crippen molar-refractivity contribution < 1.29 is 9.90 Å². The minimum Gasteiger partial charge on any atom is -0.393 e. The number of carbonyl (C=O) groups is 1. The van der Waals surface area contributed by atoms with Crippen LogP contribution < -0.4 is 0 Å². The van der Waals surface area contributed by atoms with Gasteiger partial charge in [0.05, 0.1) is 6.10 Å². The molecule has 1 saturated heterocycles. The molecule has 7 nitrogen and oxygen atoms in total. The number of nitrogens with zero attached hydrogens (tertiary/aromatic N) is 4. The maximum atomic E-state index is 11.6. The zero-order valence-electron chi connectivity index (χ0n) is 7.55. The van der Waals surface area contributed by atoms with Crippen molar-refractivity contribution in [3.63, 3.8) is 0 Å². The number of rotatable bonds is 1. The fourth-order valence-electron chi connectivity index (χ4n) is 1.46. The maximum Gasteiger partial charge on any atom is 0.295 e. The normalized spacial score (nSPS) is 18.5. The molecule has 0 spiro atoms. The van der Waals surface area contributed by atoms with E-state index in [0.29, 0.717) is 25.9 Å². The smallest absolute Gasteiger partial charge is 0.295 e. The summed E-state index contributed by atoms with van der Waals surface area (Å²) in [6.07, 6.45) is 0.942. The largest absolute Gasteiger partial charge is 0.393 e. The molecule has 0 unspecified atom stereocenters. The van der Waals surface area contributed by atoms with Crippen LogP contribution in [0.15, 0.2) is 0 Å². The molecule has 0 atom stereocenters. The first-order chi connectivity index (χ1) is 6.77. The first kappa shape index (κ1) is 9.07. The molecule has 14 heavy (non-hydrogen) atoms. The summed E-state index contributed by atoms with van der Waals surface area (Å²) in [6.45, 7) is 1.10. The Hall–Kier alpha value is -1.50. The molecule has 7 heteroatoms. The van der Waals surface area contributed by atoms with Gasteiger partial charge >= 0.3 is 0 Å². The van der Waals surface area contributed by atoms with E-state index in [1.807, 2.05) is 0 Å². The van der Waals surface area contributed by atoms with Gasteiger partial charge in [-0.25, -0.2) is 0 Å². The molecule has 0 saturated carbocycles. The average molecular weight is 197 g/mol. The van der Waals surface area contributed by atoms with Gasteiger partial charge in [0.2, 0.25) is 0 Å². The summed E-state index contributed by atoms with van der Waals surface area (Å²) >= 11 is 0. The molecule has 76 valence electrons. The molecule has 1 aromatic rings. The van der Waals surface area contributed by atoms with Crippen molar-refractivity contribution in [1.29, 1.82) is 0 Å². The molecule has 0 aromatic carbocycles. The van der Waals surface area contributed by atoms with Crippen LogP contribution in [0.5, 0.6) is 0 Å². The molecule has 1 aromatic heterocycles. The van der Waals surface area contributed by atoms with E-state index in [2.05, 4.69) is 20.6 Å². The topological polar surface area (TPSA) is 95.0 Å². The summed E-state index contributed by atoms with van der Waals surface area (Å²) in [4.78, 5) is 13.2. The molecule has 0 bridgehead atoms. The van der Waals surface area contributed by atoms with Crippen LogP contribution in [0.25, 0.3) is 0 Å². The lowest BCUT2D eigenvalue weighted by Crippen LogP contribution is -2.40. The van der Waals surface area contributed by atoms with E-state index in [9.17, 15) is 9.90 Å². The third-order valence-corrected chi connectivity index (χ3v) is 2.29. The van der Waals surface area contributed by atoms with E-state index in [4.69, 9.17) is 0 Å². The van der Waals surface area contributed by atoms with Crippen LogP contribution in [0, 0.1) is 0 Å². The summed E-state index contributed by atoms with van der Waals surface area (Å²) < 4.78 is 0. The van der Waals surface area contributed by atoms with Gasteiger partial charge in [-0.15, -0.1) is 10.2 Å². The molecule has 2 heterocycles. The summed E-state index contributed by atoms with van der Waals surface area (Å²) in [6, 6.07) is 0. The molecule has 1 aliphatic heterocycles. The molecular formula is C7H11N5O2. The van der Waals surface area contributed by atoms with Crippen molar-refractivity contribution >= 4 is 5.91 Å². The molecule has 1 amide bonds. The van der Waals surface area contributed by atoms with Crippen LogP contribution in [0.1, 0.15) is 23.5 Å². The number of aromatic nitrogens is 4. The van der Waals surface area contributed by atoms with Gasteiger partial charge in [-0.2, -0.15) is 5.21 Å². The molecule has 0 aliphatic carbocycles. The third kappa shape index (κ3) is 1.72. The Balaban J connectivity index is 1.99. The predicted octanol–water partition coefficient (Wildman–Crippen LogP) is -1.20. The number of hydrogen-bond acceptors (Lipinski definition) is 5. The number of aliphatic hydroxyl groups is 1. The lowest BCUT2D eigenvalue weighted by atomic mass is 10.1. The molecule has 0 radical (unpaired) electrons. The third-order valence-electron chi connectivity index (χ3n) is 2.29. The molecule has 2 rings (SSSR count). The second kappa shape index (κ2) is 3.70. The van der Waals surface area contributed by atoms with Crippen molar-refractivity contribution in [2.75, 3.05) is 13.1 Å². The van der Waals surface area contributed by atoms with E-state index >= 15 is 0 Å². The number of carbonyl (C=O) groups excluding carboxylic acids is 1. The van der Waals surface area contributed by atoms with Gasteiger partial charge in [0.1, 0.15) is 0 Å². The Morgan fingerprint density at radius 3 is 2.79 bits per heavy atom. The van der Waals surface area contributed by atoms with E-state index in [0.717, 1.165) is 0 Å². The Kier molecular flexibility index (Phi) is 2.40. The summed E-state index contributed by atoms with van der Waals surface area (Å²) in [5, 5.41) is 22.0. The van der Waals surface area contributed by atoms with Gasteiger partial charge in [0.25, 0.3) is 11.7 Å². The number of nitrogens with one attached hydrogen (secondary N) is 1. The van der Waals surface area contributed by atoms with E-state index in [1.165, 1.54) is 0 Å². The highest BCUT2D eigenvalue weighted by Gasteiger charge is 2.24. The maximum absolute atomic E-state index is 11.6. The number of hydrogen-bond donors (Lipinski definition) is 2. The van der Waals surface area contributed by atoms with E-state index in [1.54, 1.807) is 4.90 Å². The van der Waals surface area contributed by atoms with Crippen LogP contribution in [0.4, 0.5) is 0 Å².